The quantitative estimate of drug-likeness (QED) is 0.458. The topological polar surface area (TPSA) is 131 Å². The van der Waals surface area contributed by atoms with Gasteiger partial charge in [0.25, 0.3) is 0 Å². The smallest absolute Gasteiger partial charge is 0.326 e. The summed E-state index contributed by atoms with van der Waals surface area (Å²) in [6.45, 7) is 1.82. The van der Waals surface area contributed by atoms with Crippen LogP contribution in [0.15, 0.2) is 41.2 Å². The van der Waals surface area contributed by atoms with Gasteiger partial charge in [-0.1, -0.05) is 12.1 Å². The number of carbonyl (C=O) groups is 2. The minimum absolute atomic E-state index is 0.0163. The molecule has 4 rings (SSSR count). The standard InChI is InChI=1S/C24H29N5O4/c1-14-6-9-16(12-20(14)33-2)26-23(31)15-7-10-17(11-8-15)29-19-5-3-4-18(27-21(30)13-25)22(19)28-24(29)32/h3-6,9,12,15,17H,7-8,10-11,13,25H2,1-2H3,(H,26,31)(H,27,30)(H,28,32)/t15-,17+. The number of para-hydroxylation sites is 1. The fraction of sp³-hybridized carbons (Fsp3) is 0.375. The van der Waals surface area contributed by atoms with Crippen molar-refractivity contribution in [3.05, 3.63) is 52.4 Å². The maximum atomic E-state index is 12.8. The van der Waals surface area contributed by atoms with Gasteiger partial charge in [-0.25, -0.2) is 4.79 Å². The molecule has 3 aromatic rings. The molecule has 0 bridgehead atoms. The summed E-state index contributed by atoms with van der Waals surface area (Å²) in [5, 5.41) is 5.72. The molecule has 1 aliphatic carbocycles. The van der Waals surface area contributed by atoms with Crippen LogP contribution in [0, 0.1) is 12.8 Å². The highest BCUT2D eigenvalue weighted by Gasteiger charge is 2.29. The van der Waals surface area contributed by atoms with Gasteiger partial charge in [-0.05, 0) is 56.4 Å². The van der Waals surface area contributed by atoms with Crippen molar-refractivity contribution in [3.8, 4) is 5.75 Å². The van der Waals surface area contributed by atoms with E-state index >= 15 is 0 Å². The molecule has 0 unspecified atom stereocenters. The molecule has 1 aliphatic rings. The molecule has 1 saturated carbocycles. The summed E-state index contributed by atoms with van der Waals surface area (Å²) in [6, 6.07) is 11.0. The Labute approximate surface area is 191 Å². The first-order valence-corrected chi connectivity index (χ1v) is 11.1. The second-order valence-electron chi connectivity index (χ2n) is 8.43. The van der Waals surface area contributed by atoms with Gasteiger partial charge in [-0.2, -0.15) is 0 Å². The maximum absolute atomic E-state index is 12.8. The van der Waals surface area contributed by atoms with Crippen LogP contribution >= 0.6 is 0 Å². The zero-order chi connectivity index (χ0) is 23.5. The molecule has 174 valence electrons. The number of H-pyrrole nitrogens is 1. The third-order valence-electron chi connectivity index (χ3n) is 6.32. The Bertz CT molecular complexity index is 1240. The Morgan fingerprint density at radius 1 is 1.15 bits per heavy atom. The lowest BCUT2D eigenvalue weighted by molar-refractivity contribution is -0.121. The molecule has 0 spiro atoms. The average Bonchev–Trinajstić information content (AvgIpc) is 3.17. The van der Waals surface area contributed by atoms with Crippen LogP contribution in [0.25, 0.3) is 11.0 Å². The molecule has 1 fully saturated rings. The zero-order valence-electron chi connectivity index (χ0n) is 18.8. The van der Waals surface area contributed by atoms with Gasteiger partial charge in [0.2, 0.25) is 11.8 Å². The average molecular weight is 452 g/mol. The normalized spacial score (nSPS) is 18.2. The van der Waals surface area contributed by atoms with E-state index in [1.54, 1.807) is 23.8 Å². The second kappa shape index (κ2) is 9.50. The number of nitrogens with one attached hydrogen (secondary N) is 3. The van der Waals surface area contributed by atoms with Crippen LogP contribution in [0.5, 0.6) is 5.75 Å². The van der Waals surface area contributed by atoms with Gasteiger partial charge in [0.1, 0.15) is 5.75 Å². The fourth-order valence-electron chi connectivity index (χ4n) is 4.56. The van der Waals surface area contributed by atoms with Crippen molar-refractivity contribution in [3.63, 3.8) is 0 Å². The lowest BCUT2D eigenvalue weighted by Gasteiger charge is -2.28. The molecule has 0 aliphatic heterocycles. The number of ether oxygens (including phenoxy) is 1. The summed E-state index contributed by atoms with van der Waals surface area (Å²) in [4.78, 5) is 40.2. The van der Waals surface area contributed by atoms with E-state index in [2.05, 4.69) is 15.6 Å². The summed E-state index contributed by atoms with van der Waals surface area (Å²) in [5.74, 6) is 0.275. The number of methoxy groups -OCH3 is 1. The Morgan fingerprint density at radius 3 is 2.61 bits per heavy atom. The molecule has 5 N–H and O–H groups in total. The Hall–Kier alpha value is -3.59. The number of nitrogens with zero attached hydrogens (tertiary/aromatic N) is 1. The highest BCUT2D eigenvalue weighted by Crippen LogP contribution is 2.35. The number of hydrogen-bond donors (Lipinski definition) is 4. The van der Waals surface area contributed by atoms with E-state index in [0.717, 1.165) is 16.8 Å². The van der Waals surface area contributed by atoms with Crippen LogP contribution in [0.3, 0.4) is 0 Å². The number of rotatable bonds is 6. The van der Waals surface area contributed by atoms with E-state index in [1.807, 2.05) is 31.2 Å². The number of nitrogens with two attached hydrogens (primary N) is 1. The van der Waals surface area contributed by atoms with Gasteiger partial charge < -0.3 is 26.1 Å². The summed E-state index contributed by atoms with van der Waals surface area (Å²) in [6.07, 6.45) is 2.79. The predicted molar refractivity (Wildman–Crippen MR) is 128 cm³/mol. The third kappa shape index (κ3) is 4.63. The molecular weight excluding hydrogens is 422 g/mol. The van der Waals surface area contributed by atoms with Crippen LogP contribution in [-0.4, -0.2) is 35.0 Å². The number of benzene rings is 2. The molecule has 2 amide bonds. The predicted octanol–water partition coefficient (Wildman–Crippen LogP) is 2.91. The molecule has 9 nitrogen and oxygen atoms in total. The molecule has 1 heterocycles. The lowest BCUT2D eigenvalue weighted by atomic mass is 9.85. The van der Waals surface area contributed by atoms with Gasteiger partial charge in [0.15, 0.2) is 0 Å². The summed E-state index contributed by atoms with van der Waals surface area (Å²) >= 11 is 0. The van der Waals surface area contributed by atoms with Gasteiger partial charge >= 0.3 is 5.69 Å². The molecule has 9 heteroatoms. The number of anilines is 2. The van der Waals surface area contributed by atoms with Crippen LogP contribution in [0.1, 0.15) is 37.3 Å². The number of hydrogen-bond acceptors (Lipinski definition) is 5. The monoisotopic (exact) mass is 451 g/mol. The highest BCUT2D eigenvalue weighted by atomic mass is 16.5. The number of fused-ring (bicyclic) bond motifs is 1. The first kappa shape index (κ1) is 22.6. The van der Waals surface area contributed by atoms with E-state index in [1.165, 1.54) is 0 Å². The Kier molecular flexibility index (Phi) is 6.50. The third-order valence-corrected chi connectivity index (χ3v) is 6.32. The molecular formula is C24H29N5O4. The van der Waals surface area contributed by atoms with Crippen LogP contribution < -0.4 is 26.8 Å². The molecule has 2 aromatic carbocycles. The number of aromatic amines is 1. The van der Waals surface area contributed by atoms with Crippen molar-refractivity contribution in [1.29, 1.82) is 0 Å². The van der Waals surface area contributed by atoms with Crippen LogP contribution in [0.4, 0.5) is 11.4 Å². The van der Waals surface area contributed by atoms with Gasteiger partial charge in [0, 0.05) is 23.7 Å². The highest BCUT2D eigenvalue weighted by molar-refractivity contribution is 6.00. The zero-order valence-corrected chi connectivity index (χ0v) is 18.8. The Balaban J connectivity index is 1.46. The lowest BCUT2D eigenvalue weighted by Crippen LogP contribution is -2.31. The molecule has 0 atom stereocenters. The van der Waals surface area contributed by atoms with Crippen molar-refractivity contribution in [2.24, 2.45) is 11.7 Å². The first-order valence-electron chi connectivity index (χ1n) is 11.1. The van der Waals surface area contributed by atoms with Crippen molar-refractivity contribution < 1.29 is 14.3 Å². The maximum Gasteiger partial charge on any atom is 0.326 e. The van der Waals surface area contributed by atoms with E-state index < -0.39 is 0 Å². The number of aryl methyl sites for hydroxylation is 1. The van der Waals surface area contributed by atoms with Crippen molar-refractivity contribution in [2.75, 3.05) is 24.3 Å². The molecule has 0 radical (unpaired) electrons. The van der Waals surface area contributed by atoms with Crippen molar-refractivity contribution in [2.45, 2.75) is 38.6 Å². The molecule has 33 heavy (non-hydrogen) atoms. The first-order chi connectivity index (χ1) is 15.9. The van der Waals surface area contributed by atoms with E-state index in [4.69, 9.17) is 10.5 Å². The van der Waals surface area contributed by atoms with E-state index in [0.29, 0.717) is 42.6 Å². The summed E-state index contributed by atoms with van der Waals surface area (Å²) in [5.41, 5.74) is 8.73. The number of imidazole rings is 1. The summed E-state index contributed by atoms with van der Waals surface area (Å²) < 4.78 is 7.08. The van der Waals surface area contributed by atoms with E-state index in [9.17, 15) is 14.4 Å². The van der Waals surface area contributed by atoms with Gasteiger partial charge in [0.05, 0.1) is 30.4 Å². The van der Waals surface area contributed by atoms with Crippen molar-refractivity contribution >= 4 is 34.2 Å². The minimum Gasteiger partial charge on any atom is -0.496 e. The van der Waals surface area contributed by atoms with E-state index in [-0.39, 0.29) is 36.0 Å². The van der Waals surface area contributed by atoms with Crippen LogP contribution in [0.2, 0.25) is 0 Å². The number of aromatic nitrogens is 2. The minimum atomic E-state index is -0.325. The molecule has 0 saturated heterocycles. The molecule has 1 aromatic heterocycles. The SMILES string of the molecule is COc1cc(NC(=O)[C@H]2CC[C@@H](n3c(=O)[nH]c4c(NC(=O)CN)cccc43)CC2)ccc1C. The number of amides is 2. The van der Waals surface area contributed by atoms with Crippen LogP contribution in [-0.2, 0) is 9.59 Å². The fourth-order valence-corrected chi connectivity index (χ4v) is 4.56. The largest absolute Gasteiger partial charge is 0.496 e. The van der Waals surface area contributed by atoms with Gasteiger partial charge in [-0.3, -0.25) is 14.2 Å². The number of carbonyl (C=O) groups excluding carboxylic acids is 2. The second-order valence-corrected chi connectivity index (χ2v) is 8.43. The summed E-state index contributed by atoms with van der Waals surface area (Å²) in [7, 11) is 1.61. The van der Waals surface area contributed by atoms with Gasteiger partial charge in [-0.15, -0.1) is 0 Å². The Morgan fingerprint density at radius 2 is 1.91 bits per heavy atom. The van der Waals surface area contributed by atoms with Crippen molar-refractivity contribution in [1.82, 2.24) is 9.55 Å².